The van der Waals surface area contributed by atoms with Crippen LogP contribution in [0, 0.1) is 0 Å². The molecule has 7 nitrogen and oxygen atoms in total. The molecule has 0 saturated carbocycles. The molecule has 2 aromatic rings. The summed E-state index contributed by atoms with van der Waals surface area (Å²) < 4.78 is 10.2. The second-order valence-electron chi connectivity index (χ2n) is 5.70. The molecule has 0 unspecified atom stereocenters. The number of hydrogen-bond acceptors (Lipinski definition) is 5. The summed E-state index contributed by atoms with van der Waals surface area (Å²) in [7, 11) is 0. The summed E-state index contributed by atoms with van der Waals surface area (Å²) in [6, 6.07) is 14.5. The molecule has 2 rings (SSSR count). The number of benzene rings is 2. The van der Waals surface area contributed by atoms with Crippen LogP contribution in [0.1, 0.15) is 24.1 Å². The van der Waals surface area contributed by atoms with Crippen molar-refractivity contribution in [3.05, 3.63) is 65.7 Å². The number of hydrogen-bond donors (Lipinski definition) is 2. The molecule has 0 spiro atoms. The number of anilines is 1. The van der Waals surface area contributed by atoms with E-state index in [4.69, 9.17) is 21.1 Å². The zero-order valence-corrected chi connectivity index (χ0v) is 16.1. The van der Waals surface area contributed by atoms with Crippen LogP contribution in [0.25, 0.3) is 0 Å². The molecule has 28 heavy (non-hydrogen) atoms. The normalized spacial score (nSPS) is 11.2. The Hall–Kier alpha value is -3.06. The third-order valence-corrected chi connectivity index (χ3v) is 3.87. The first-order chi connectivity index (χ1) is 13.5. The van der Waals surface area contributed by atoms with E-state index < -0.39 is 18.1 Å². The van der Waals surface area contributed by atoms with Crippen LogP contribution in [-0.4, -0.2) is 30.5 Å². The van der Waals surface area contributed by atoms with E-state index in [-0.39, 0.29) is 25.0 Å². The minimum atomic E-state index is -1.09. The summed E-state index contributed by atoms with van der Waals surface area (Å²) >= 11 is 5.49. The first kappa shape index (κ1) is 21.2. The van der Waals surface area contributed by atoms with Gasteiger partial charge in [0.1, 0.15) is 12.5 Å². The van der Waals surface area contributed by atoms with E-state index in [2.05, 4.69) is 10.6 Å². The molecule has 148 valence electrons. The lowest BCUT2D eigenvalue weighted by molar-refractivity contribution is -0.145. The average Bonchev–Trinajstić information content (AvgIpc) is 2.71. The predicted octanol–water partition coefficient (Wildman–Crippen LogP) is 3.39. The summed E-state index contributed by atoms with van der Waals surface area (Å²) in [6.07, 6.45) is -0.767. The Morgan fingerprint density at radius 1 is 1.04 bits per heavy atom. The van der Waals surface area contributed by atoms with Gasteiger partial charge in [0.15, 0.2) is 6.04 Å². The van der Waals surface area contributed by atoms with Gasteiger partial charge >= 0.3 is 12.1 Å². The average molecular weight is 405 g/mol. The first-order valence-electron chi connectivity index (χ1n) is 8.63. The van der Waals surface area contributed by atoms with E-state index in [0.29, 0.717) is 11.3 Å². The summed E-state index contributed by atoms with van der Waals surface area (Å²) in [5.41, 5.74) is 1.69. The Kier molecular flexibility index (Phi) is 8.30. The highest BCUT2D eigenvalue weighted by molar-refractivity contribution is 6.29. The highest BCUT2D eigenvalue weighted by Crippen LogP contribution is 2.20. The molecule has 0 fully saturated rings. The zero-order chi connectivity index (χ0) is 20.4. The van der Waals surface area contributed by atoms with Gasteiger partial charge in [0.05, 0.1) is 6.61 Å². The van der Waals surface area contributed by atoms with Crippen molar-refractivity contribution < 1.29 is 23.9 Å². The summed E-state index contributed by atoms with van der Waals surface area (Å²) in [5, 5.41) is 5.10. The van der Waals surface area contributed by atoms with Crippen molar-refractivity contribution in [2.75, 3.05) is 17.8 Å². The lowest BCUT2D eigenvalue weighted by atomic mass is 10.1. The monoisotopic (exact) mass is 404 g/mol. The third-order valence-electron chi connectivity index (χ3n) is 3.62. The van der Waals surface area contributed by atoms with Crippen molar-refractivity contribution in [2.24, 2.45) is 0 Å². The van der Waals surface area contributed by atoms with Gasteiger partial charge in [-0.25, -0.2) is 9.59 Å². The maximum atomic E-state index is 12.3. The minimum absolute atomic E-state index is 0.0635. The van der Waals surface area contributed by atoms with Gasteiger partial charge in [-0.3, -0.25) is 4.79 Å². The number of alkyl halides is 1. The Morgan fingerprint density at radius 2 is 1.79 bits per heavy atom. The fraction of sp³-hybridized carbons (Fsp3) is 0.250. The van der Waals surface area contributed by atoms with Crippen LogP contribution in [0.5, 0.6) is 0 Å². The van der Waals surface area contributed by atoms with Crippen LogP contribution in [0.2, 0.25) is 0 Å². The van der Waals surface area contributed by atoms with Crippen LogP contribution in [0.15, 0.2) is 54.6 Å². The lowest BCUT2D eigenvalue weighted by Crippen LogP contribution is -2.35. The fourth-order valence-corrected chi connectivity index (χ4v) is 2.44. The molecule has 8 heteroatoms. The van der Waals surface area contributed by atoms with Crippen LogP contribution in [0.4, 0.5) is 10.5 Å². The molecule has 0 saturated heterocycles. The number of esters is 1. The summed E-state index contributed by atoms with van der Waals surface area (Å²) in [5.74, 6) is -1.23. The number of carbonyl (C=O) groups is 3. The van der Waals surface area contributed by atoms with Crippen molar-refractivity contribution in [3.8, 4) is 0 Å². The van der Waals surface area contributed by atoms with E-state index in [1.807, 2.05) is 30.3 Å². The smallest absolute Gasteiger partial charge is 0.408 e. The molecule has 0 radical (unpaired) electrons. The summed E-state index contributed by atoms with van der Waals surface area (Å²) in [4.78, 5) is 36.0. The quantitative estimate of drug-likeness (QED) is 0.519. The van der Waals surface area contributed by atoms with Crippen LogP contribution >= 0.6 is 11.6 Å². The Morgan fingerprint density at radius 3 is 2.46 bits per heavy atom. The molecular weight excluding hydrogens is 384 g/mol. The maximum Gasteiger partial charge on any atom is 0.408 e. The largest absolute Gasteiger partial charge is 0.464 e. The van der Waals surface area contributed by atoms with Gasteiger partial charge < -0.3 is 20.1 Å². The van der Waals surface area contributed by atoms with Crippen molar-refractivity contribution in [3.63, 3.8) is 0 Å². The van der Waals surface area contributed by atoms with Crippen LogP contribution < -0.4 is 10.6 Å². The van der Waals surface area contributed by atoms with E-state index >= 15 is 0 Å². The van der Waals surface area contributed by atoms with Crippen molar-refractivity contribution in [2.45, 2.75) is 19.6 Å². The third kappa shape index (κ3) is 6.59. The molecular formula is C20H21ClN2O5. The predicted molar refractivity (Wildman–Crippen MR) is 105 cm³/mol. The number of halogens is 1. The molecule has 0 heterocycles. The highest BCUT2D eigenvalue weighted by atomic mass is 35.5. The van der Waals surface area contributed by atoms with E-state index in [9.17, 15) is 14.4 Å². The van der Waals surface area contributed by atoms with Gasteiger partial charge in [-0.1, -0.05) is 42.5 Å². The number of alkyl carbamates (subject to hydrolysis) is 1. The van der Waals surface area contributed by atoms with Crippen molar-refractivity contribution >= 4 is 35.3 Å². The number of carbonyl (C=O) groups excluding carboxylic acids is 3. The van der Waals surface area contributed by atoms with Crippen LogP contribution in [0.3, 0.4) is 0 Å². The topological polar surface area (TPSA) is 93.7 Å². The Balaban J connectivity index is 2.11. The highest BCUT2D eigenvalue weighted by Gasteiger charge is 2.25. The second-order valence-corrected chi connectivity index (χ2v) is 5.97. The van der Waals surface area contributed by atoms with Crippen molar-refractivity contribution in [1.82, 2.24) is 5.32 Å². The molecule has 1 atom stereocenters. The molecule has 2 aromatic carbocycles. The van der Waals surface area contributed by atoms with Gasteiger partial charge in [0.25, 0.3) is 0 Å². The molecule has 0 aliphatic heterocycles. The van der Waals surface area contributed by atoms with Crippen LogP contribution in [-0.2, 0) is 25.7 Å². The van der Waals surface area contributed by atoms with E-state index in [0.717, 1.165) is 5.56 Å². The number of ether oxygens (including phenoxy) is 2. The van der Waals surface area contributed by atoms with Crippen molar-refractivity contribution in [1.29, 1.82) is 0 Å². The van der Waals surface area contributed by atoms with E-state index in [1.54, 1.807) is 31.2 Å². The molecule has 0 aliphatic rings. The molecule has 0 bridgehead atoms. The molecule has 0 aliphatic carbocycles. The number of nitrogens with one attached hydrogen (secondary N) is 2. The molecule has 0 aromatic heterocycles. The second kappa shape index (κ2) is 10.9. The first-order valence-corrected chi connectivity index (χ1v) is 9.16. The fourth-order valence-electron chi connectivity index (χ4n) is 2.38. The number of amides is 2. The minimum Gasteiger partial charge on any atom is -0.464 e. The molecule has 2 N–H and O–H groups in total. The van der Waals surface area contributed by atoms with E-state index in [1.165, 1.54) is 0 Å². The summed E-state index contributed by atoms with van der Waals surface area (Å²) in [6.45, 7) is 1.88. The molecule has 2 amide bonds. The zero-order valence-electron chi connectivity index (χ0n) is 15.3. The standard InChI is InChI=1S/C20H21ClN2O5/c1-2-27-19(25)18(15-9-6-10-16(11-15)22-17(24)12-21)23-20(26)28-13-14-7-4-3-5-8-14/h3-11,18H,2,12-13H2,1H3,(H,22,24)(H,23,26)/t18-/m0/s1. The Bertz CT molecular complexity index is 813. The van der Waals surface area contributed by atoms with Gasteiger partial charge in [0, 0.05) is 5.69 Å². The maximum absolute atomic E-state index is 12.3. The Labute approximate surface area is 168 Å². The SMILES string of the molecule is CCOC(=O)[C@@H](NC(=O)OCc1ccccc1)c1cccc(NC(=O)CCl)c1. The van der Waals surface area contributed by atoms with Gasteiger partial charge in [-0.2, -0.15) is 0 Å². The lowest BCUT2D eigenvalue weighted by Gasteiger charge is -2.18. The number of rotatable bonds is 8. The van der Waals surface area contributed by atoms with Gasteiger partial charge in [-0.05, 0) is 30.2 Å². The van der Waals surface area contributed by atoms with Gasteiger partial charge in [-0.15, -0.1) is 11.6 Å². The van der Waals surface area contributed by atoms with Gasteiger partial charge in [0.2, 0.25) is 5.91 Å².